The number of amides is 1. The van der Waals surface area contributed by atoms with Gasteiger partial charge in [0.15, 0.2) is 0 Å². The predicted octanol–water partition coefficient (Wildman–Crippen LogP) is 3.93. The van der Waals surface area contributed by atoms with Crippen LogP contribution in [0.4, 0.5) is 13.2 Å². The van der Waals surface area contributed by atoms with Gasteiger partial charge in [0.25, 0.3) is 0 Å². The van der Waals surface area contributed by atoms with E-state index in [2.05, 4.69) is 0 Å². The van der Waals surface area contributed by atoms with Gasteiger partial charge in [-0.2, -0.15) is 13.2 Å². The first-order valence-corrected chi connectivity index (χ1v) is 8.42. The zero-order valence-electron chi connectivity index (χ0n) is 14.1. The molecule has 0 aromatic heterocycles. The van der Waals surface area contributed by atoms with Crippen LogP contribution in [0, 0.1) is 0 Å². The largest absolute Gasteiger partial charge is 0.416 e. The molecule has 3 nitrogen and oxygen atoms in total. The van der Waals surface area contributed by atoms with Crippen LogP contribution in [0.3, 0.4) is 0 Å². The highest BCUT2D eigenvalue weighted by atomic mass is 19.4. The van der Waals surface area contributed by atoms with Crippen LogP contribution < -0.4 is 5.73 Å². The summed E-state index contributed by atoms with van der Waals surface area (Å²) in [5, 5.41) is 0. The second kappa shape index (κ2) is 7.55. The number of benzene rings is 1. The molecular weight excluding hydrogens is 317 g/mol. The van der Waals surface area contributed by atoms with E-state index < -0.39 is 11.7 Å². The number of halogens is 3. The van der Waals surface area contributed by atoms with Gasteiger partial charge in [-0.05, 0) is 43.7 Å². The summed E-state index contributed by atoms with van der Waals surface area (Å²) in [7, 11) is 0. The first-order chi connectivity index (χ1) is 11.2. The van der Waals surface area contributed by atoms with Crippen molar-refractivity contribution in [1.82, 2.24) is 4.90 Å². The lowest BCUT2D eigenvalue weighted by Gasteiger charge is -2.38. The summed E-state index contributed by atoms with van der Waals surface area (Å²) in [5.74, 6) is -0.294. The zero-order chi connectivity index (χ0) is 17.9. The van der Waals surface area contributed by atoms with E-state index in [4.69, 9.17) is 5.73 Å². The minimum absolute atomic E-state index is 0.0260. The molecule has 1 saturated heterocycles. The van der Waals surface area contributed by atoms with Crippen molar-refractivity contribution in [3.05, 3.63) is 35.4 Å². The smallest absolute Gasteiger partial charge is 0.338 e. The van der Waals surface area contributed by atoms with Crippen LogP contribution in [0.2, 0.25) is 0 Å². The Hall–Kier alpha value is -1.56. The molecule has 1 amide bonds. The van der Waals surface area contributed by atoms with Gasteiger partial charge in [-0.15, -0.1) is 0 Å². The summed E-state index contributed by atoms with van der Waals surface area (Å²) >= 11 is 0. The number of hydrogen-bond donors (Lipinski definition) is 1. The number of rotatable bonds is 4. The molecule has 24 heavy (non-hydrogen) atoms. The van der Waals surface area contributed by atoms with Crippen LogP contribution in [0.1, 0.15) is 56.6 Å². The maximum absolute atomic E-state index is 12.8. The van der Waals surface area contributed by atoms with Crippen molar-refractivity contribution >= 4 is 5.91 Å². The first kappa shape index (κ1) is 18.8. The molecule has 0 saturated carbocycles. The maximum atomic E-state index is 12.8. The van der Waals surface area contributed by atoms with Crippen molar-refractivity contribution in [3.8, 4) is 0 Å². The topological polar surface area (TPSA) is 46.3 Å². The molecule has 2 N–H and O–H groups in total. The number of carbonyl (C=O) groups is 1. The molecule has 3 unspecified atom stereocenters. The summed E-state index contributed by atoms with van der Waals surface area (Å²) in [6.07, 6.45) is -1.27. The Balaban J connectivity index is 2.08. The van der Waals surface area contributed by atoms with Crippen molar-refractivity contribution in [1.29, 1.82) is 0 Å². The Morgan fingerprint density at radius 2 is 2.04 bits per heavy atom. The SMILES string of the molecule is CC(CC(=O)N1CCCCC1C(C)N)c1cccc(C(F)(F)F)c1. The zero-order valence-corrected chi connectivity index (χ0v) is 14.1. The van der Waals surface area contributed by atoms with Gasteiger partial charge in [0.05, 0.1) is 5.56 Å². The third kappa shape index (κ3) is 4.50. The lowest BCUT2D eigenvalue weighted by atomic mass is 9.92. The molecule has 0 radical (unpaired) electrons. The normalized spacial score (nSPS) is 21.4. The fourth-order valence-electron chi connectivity index (χ4n) is 3.33. The fourth-order valence-corrected chi connectivity index (χ4v) is 3.33. The molecule has 0 aliphatic carbocycles. The van der Waals surface area contributed by atoms with E-state index in [1.165, 1.54) is 6.07 Å². The lowest BCUT2D eigenvalue weighted by Crippen LogP contribution is -2.51. The second-order valence-corrected chi connectivity index (χ2v) is 6.74. The Bertz CT molecular complexity index is 572. The van der Waals surface area contributed by atoms with Gasteiger partial charge in [-0.25, -0.2) is 0 Å². The van der Waals surface area contributed by atoms with E-state index in [-0.39, 0.29) is 30.3 Å². The highest BCUT2D eigenvalue weighted by Crippen LogP contribution is 2.32. The summed E-state index contributed by atoms with van der Waals surface area (Å²) in [6, 6.07) is 5.15. The van der Waals surface area contributed by atoms with Crippen molar-refractivity contribution in [2.75, 3.05) is 6.54 Å². The number of carbonyl (C=O) groups excluding carboxylic acids is 1. The molecule has 1 aromatic rings. The molecule has 0 bridgehead atoms. The molecule has 1 fully saturated rings. The van der Waals surface area contributed by atoms with Crippen molar-refractivity contribution in [2.45, 2.75) is 63.7 Å². The van der Waals surface area contributed by atoms with Crippen LogP contribution in [0.15, 0.2) is 24.3 Å². The van der Waals surface area contributed by atoms with Crippen LogP contribution >= 0.6 is 0 Å². The van der Waals surface area contributed by atoms with E-state index >= 15 is 0 Å². The second-order valence-electron chi connectivity index (χ2n) is 6.74. The number of nitrogens with zero attached hydrogens (tertiary/aromatic N) is 1. The van der Waals surface area contributed by atoms with E-state index in [1.54, 1.807) is 13.0 Å². The van der Waals surface area contributed by atoms with Gasteiger partial charge >= 0.3 is 6.18 Å². The molecule has 134 valence electrons. The van der Waals surface area contributed by atoms with Crippen LogP contribution in [-0.4, -0.2) is 29.4 Å². The standard InChI is InChI=1S/C18H25F3N2O/c1-12(14-6-5-7-15(11-14)18(19,20)21)10-17(24)23-9-4-3-8-16(23)13(2)22/h5-7,11-13,16H,3-4,8-10,22H2,1-2H3. The number of hydrogen-bond acceptors (Lipinski definition) is 2. The van der Waals surface area contributed by atoms with E-state index in [0.29, 0.717) is 12.1 Å². The van der Waals surface area contributed by atoms with Crippen LogP contribution in [0.5, 0.6) is 0 Å². The third-order valence-electron chi connectivity index (χ3n) is 4.74. The minimum atomic E-state index is -4.37. The van der Waals surface area contributed by atoms with Gasteiger partial charge in [-0.3, -0.25) is 4.79 Å². The highest BCUT2D eigenvalue weighted by molar-refractivity contribution is 5.77. The van der Waals surface area contributed by atoms with E-state index in [1.807, 2.05) is 11.8 Å². The quantitative estimate of drug-likeness (QED) is 0.901. The molecule has 6 heteroatoms. The first-order valence-electron chi connectivity index (χ1n) is 8.42. The minimum Gasteiger partial charge on any atom is -0.338 e. The van der Waals surface area contributed by atoms with Gasteiger partial charge in [0, 0.05) is 25.0 Å². The van der Waals surface area contributed by atoms with Crippen LogP contribution in [0.25, 0.3) is 0 Å². The fraction of sp³-hybridized carbons (Fsp3) is 0.611. The monoisotopic (exact) mass is 342 g/mol. The Morgan fingerprint density at radius 3 is 2.67 bits per heavy atom. The van der Waals surface area contributed by atoms with Crippen molar-refractivity contribution in [3.63, 3.8) is 0 Å². The Labute approximate surface area is 141 Å². The average Bonchev–Trinajstić information content (AvgIpc) is 2.54. The molecule has 0 spiro atoms. The van der Waals surface area contributed by atoms with E-state index in [9.17, 15) is 18.0 Å². The molecule has 1 aliphatic rings. The van der Waals surface area contributed by atoms with Crippen molar-refractivity contribution < 1.29 is 18.0 Å². The summed E-state index contributed by atoms with van der Waals surface area (Å²) in [6.45, 7) is 4.37. The number of nitrogens with two attached hydrogens (primary N) is 1. The summed E-state index contributed by atoms with van der Waals surface area (Å²) in [4.78, 5) is 14.4. The highest BCUT2D eigenvalue weighted by Gasteiger charge is 2.32. The number of piperidine rings is 1. The Kier molecular flexibility index (Phi) is 5.91. The van der Waals surface area contributed by atoms with Gasteiger partial charge in [0.1, 0.15) is 0 Å². The molecule has 3 atom stereocenters. The van der Waals surface area contributed by atoms with Crippen molar-refractivity contribution in [2.24, 2.45) is 5.73 Å². The van der Waals surface area contributed by atoms with E-state index in [0.717, 1.165) is 31.4 Å². The lowest BCUT2D eigenvalue weighted by molar-refractivity contribution is -0.137. The van der Waals surface area contributed by atoms with Gasteiger partial charge < -0.3 is 10.6 Å². The summed E-state index contributed by atoms with van der Waals surface area (Å²) in [5.41, 5.74) is 5.85. The third-order valence-corrected chi connectivity index (χ3v) is 4.74. The Morgan fingerprint density at radius 1 is 1.33 bits per heavy atom. The molecule has 1 aromatic carbocycles. The number of likely N-dealkylation sites (tertiary alicyclic amines) is 1. The van der Waals surface area contributed by atoms with Crippen LogP contribution in [-0.2, 0) is 11.0 Å². The predicted molar refractivity (Wildman–Crippen MR) is 87.5 cm³/mol. The summed E-state index contributed by atoms with van der Waals surface area (Å²) < 4.78 is 38.5. The molecular formula is C18H25F3N2O. The van der Waals surface area contributed by atoms with Gasteiger partial charge in [-0.1, -0.05) is 25.1 Å². The molecule has 1 aliphatic heterocycles. The average molecular weight is 342 g/mol. The van der Waals surface area contributed by atoms with Gasteiger partial charge in [0.2, 0.25) is 5.91 Å². The molecule has 2 rings (SSSR count). The maximum Gasteiger partial charge on any atom is 0.416 e. The number of alkyl halides is 3. The molecule has 1 heterocycles.